The molecule has 0 saturated carbocycles. The Morgan fingerprint density at radius 3 is 2.56 bits per heavy atom. The zero-order chi connectivity index (χ0) is 18.0. The summed E-state index contributed by atoms with van der Waals surface area (Å²) in [6, 6.07) is 12.0. The summed E-state index contributed by atoms with van der Waals surface area (Å²) in [5.74, 6) is 0.390. The van der Waals surface area contributed by atoms with Gasteiger partial charge in [-0.1, -0.05) is 23.5 Å². The molecule has 2 aromatic carbocycles. The number of hydrogen-bond donors (Lipinski definition) is 1. The van der Waals surface area contributed by atoms with Crippen LogP contribution in [0.4, 0.5) is 5.13 Å². The second-order valence-corrected chi connectivity index (χ2v) is 8.74. The van der Waals surface area contributed by atoms with E-state index >= 15 is 0 Å². The number of anilines is 1. The average molecular weight is 376 g/mol. The van der Waals surface area contributed by atoms with E-state index in [0.717, 1.165) is 16.0 Å². The fourth-order valence-electron chi connectivity index (χ4n) is 2.31. The molecule has 0 bridgehead atoms. The summed E-state index contributed by atoms with van der Waals surface area (Å²) in [5, 5.41) is 3.26. The number of hydrogen-bond acceptors (Lipinski definition) is 6. The smallest absolute Gasteiger partial charge is 0.257 e. The Labute approximate surface area is 149 Å². The van der Waals surface area contributed by atoms with Crippen LogP contribution in [-0.4, -0.2) is 32.7 Å². The quantitative estimate of drug-likeness (QED) is 0.739. The Hall–Kier alpha value is -2.45. The van der Waals surface area contributed by atoms with Gasteiger partial charge in [0.15, 0.2) is 15.0 Å². The van der Waals surface area contributed by atoms with Gasteiger partial charge in [0.05, 0.1) is 23.1 Å². The standard InChI is InChI=1S/C17H16N2O4S2/c1-23-13-7-8-14-15(9-13)24-17(18-14)19-16(20)12-5-3-11(4-6-12)10-25(2,21)22/h3-9H,10H2,1-2H3,(H,18,19,20). The maximum Gasteiger partial charge on any atom is 0.257 e. The molecule has 0 aliphatic heterocycles. The Morgan fingerprint density at radius 2 is 1.92 bits per heavy atom. The molecule has 8 heteroatoms. The van der Waals surface area contributed by atoms with Crippen LogP contribution in [0.3, 0.4) is 0 Å². The van der Waals surface area contributed by atoms with Crippen molar-refractivity contribution in [2.45, 2.75) is 5.75 Å². The molecular weight excluding hydrogens is 360 g/mol. The van der Waals surface area contributed by atoms with Crippen molar-refractivity contribution in [3.63, 3.8) is 0 Å². The maximum atomic E-state index is 12.3. The second kappa shape index (κ2) is 6.81. The van der Waals surface area contributed by atoms with Gasteiger partial charge in [-0.15, -0.1) is 0 Å². The van der Waals surface area contributed by atoms with E-state index in [1.165, 1.54) is 17.6 Å². The van der Waals surface area contributed by atoms with Crippen LogP contribution < -0.4 is 10.1 Å². The molecule has 3 rings (SSSR count). The van der Waals surface area contributed by atoms with Crippen molar-refractivity contribution in [3.8, 4) is 5.75 Å². The zero-order valence-electron chi connectivity index (χ0n) is 13.6. The van der Waals surface area contributed by atoms with Crippen molar-refractivity contribution in [1.82, 2.24) is 4.98 Å². The van der Waals surface area contributed by atoms with Gasteiger partial charge in [-0.2, -0.15) is 0 Å². The van der Waals surface area contributed by atoms with Crippen LogP contribution in [0.1, 0.15) is 15.9 Å². The van der Waals surface area contributed by atoms with Crippen molar-refractivity contribution >= 4 is 42.4 Å². The number of carbonyl (C=O) groups excluding carboxylic acids is 1. The summed E-state index contributed by atoms with van der Waals surface area (Å²) >= 11 is 1.36. The summed E-state index contributed by atoms with van der Waals surface area (Å²) in [7, 11) is -1.50. The van der Waals surface area contributed by atoms with E-state index in [2.05, 4.69) is 10.3 Å². The molecule has 1 heterocycles. The molecule has 25 heavy (non-hydrogen) atoms. The summed E-state index contributed by atoms with van der Waals surface area (Å²) in [4.78, 5) is 16.7. The number of fused-ring (bicyclic) bond motifs is 1. The molecule has 0 spiro atoms. The lowest BCUT2D eigenvalue weighted by molar-refractivity contribution is 0.102. The fraction of sp³-hybridized carbons (Fsp3) is 0.176. The van der Waals surface area contributed by atoms with Gasteiger partial charge in [0.2, 0.25) is 0 Å². The molecule has 0 aliphatic carbocycles. The molecule has 3 aromatic rings. The highest BCUT2D eigenvalue weighted by Gasteiger charge is 2.11. The van der Waals surface area contributed by atoms with E-state index in [9.17, 15) is 13.2 Å². The maximum absolute atomic E-state index is 12.3. The average Bonchev–Trinajstić information content (AvgIpc) is 2.95. The van der Waals surface area contributed by atoms with Crippen LogP contribution in [-0.2, 0) is 15.6 Å². The van der Waals surface area contributed by atoms with Gasteiger partial charge >= 0.3 is 0 Å². The second-order valence-electron chi connectivity index (χ2n) is 5.57. The Balaban J connectivity index is 1.75. The highest BCUT2D eigenvalue weighted by atomic mass is 32.2. The van der Waals surface area contributed by atoms with Gasteiger partial charge in [0.25, 0.3) is 5.91 Å². The van der Waals surface area contributed by atoms with Crippen molar-refractivity contribution in [3.05, 3.63) is 53.6 Å². The number of benzene rings is 2. The third-order valence-corrected chi connectivity index (χ3v) is 5.25. The lowest BCUT2D eigenvalue weighted by atomic mass is 10.1. The molecule has 0 fully saturated rings. The van der Waals surface area contributed by atoms with E-state index in [1.807, 2.05) is 18.2 Å². The SMILES string of the molecule is COc1ccc2nc(NC(=O)c3ccc(CS(C)(=O)=O)cc3)sc2c1. The molecule has 6 nitrogen and oxygen atoms in total. The minimum absolute atomic E-state index is 0.0470. The molecule has 1 N–H and O–H groups in total. The number of carbonyl (C=O) groups is 1. The number of rotatable bonds is 5. The topological polar surface area (TPSA) is 85.4 Å². The predicted molar refractivity (Wildman–Crippen MR) is 99.1 cm³/mol. The molecule has 0 aliphatic rings. The van der Waals surface area contributed by atoms with Gasteiger partial charge in [0, 0.05) is 11.8 Å². The normalized spacial score (nSPS) is 11.4. The molecule has 0 atom stereocenters. The summed E-state index contributed by atoms with van der Waals surface area (Å²) < 4.78 is 28.7. The van der Waals surface area contributed by atoms with E-state index in [4.69, 9.17) is 4.74 Å². The summed E-state index contributed by atoms with van der Waals surface area (Å²) in [5.41, 5.74) is 1.87. The third-order valence-electron chi connectivity index (χ3n) is 3.46. The van der Waals surface area contributed by atoms with E-state index in [-0.39, 0.29) is 11.7 Å². The Morgan fingerprint density at radius 1 is 1.20 bits per heavy atom. The highest BCUT2D eigenvalue weighted by molar-refractivity contribution is 7.89. The van der Waals surface area contributed by atoms with Gasteiger partial charge in [-0.3, -0.25) is 10.1 Å². The number of ether oxygens (including phenoxy) is 1. The van der Waals surface area contributed by atoms with Gasteiger partial charge < -0.3 is 4.74 Å². The minimum atomic E-state index is -3.10. The molecular formula is C17H16N2O4S2. The number of amides is 1. The third kappa shape index (κ3) is 4.34. The highest BCUT2D eigenvalue weighted by Crippen LogP contribution is 2.29. The lowest BCUT2D eigenvalue weighted by Gasteiger charge is -2.03. The number of thiazole rings is 1. The van der Waals surface area contributed by atoms with Crippen molar-refractivity contribution in [1.29, 1.82) is 0 Å². The molecule has 1 amide bonds. The monoisotopic (exact) mass is 376 g/mol. The number of nitrogens with zero attached hydrogens (tertiary/aromatic N) is 1. The number of nitrogens with one attached hydrogen (secondary N) is 1. The van der Waals surface area contributed by atoms with Crippen LogP contribution in [0, 0.1) is 0 Å². The molecule has 0 radical (unpaired) electrons. The van der Waals surface area contributed by atoms with Crippen LogP contribution in [0.15, 0.2) is 42.5 Å². The minimum Gasteiger partial charge on any atom is -0.497 e. The van der Waals surface area contributed by atoms with Gasteiger partial charge in [-0.05, 0) is 35.9 Å². The van der Waals surface area contributed by atoms with Crippen molar-refractivity contribution < 1.29 is 17.9 Å². The Bertz CT molecular complexity index is 1020. The van der Waals surface area contributed by atoms with E-state index in [1.54, 1.807) is 31.4 Å². The zero-order valence-corrected chi connectivity index (χ0v) is 15.3. The van der Waals surface area contributed by atoms with Gasteiger partial charge in [-0.25, -0.2) is 13.4 Å². The Kier molecular flexibility index (Phi) is 4.73. The van der Waals surface area contributed by atoms with Crippen LogP contribution in [0.25, 0.3) is 10.2 Å². The predicted octanol–water partition coefficient (Wildman–Crippen LogP) is 3.10. The van der Waals surface area contributed by atoms with Gasteiger partial charge in [0.1, 0.15) is 5.75 Å². The van der Waals surface area contributed by atoms with Crippen LogP contribution >= 0.6 is 11.3 Å². The molecule has 0 unspecified atom stereocenters. The first kappa shape index (κ1) is 17.4. The van der Waals surface area contributed by atoms with Crippen LogP contribution in [0.2, 0.25) is 0 Å². The largest absolute Gasteiger partial charge is 0.497 e. The molecule has 1 aromatic heterocycles. The van der Waals surface area contributed by atoms with Crippen molar-refractivity contribution in [2.75, 3.05) is 18.7 Å². The molecule has 130 valence electrons. The van der Waals surface area contributed by atoms with Crippen LogP contribution in [0.5, 0.6) is 5.75 Å². The number of aromatic nitrogens is 1. The number of methoxy groups -OCH3 is 1. The van der Waals surface area contributed by atoms with Crippen molar-refractivity contribution in [2.24, 2.45) is 0 Å². The summed E-state index contributed by atoms with van der Waals surface area (Å²) in [6.45, 7) is 0. The lowest BCUT2D eigenvalue weighted by Crippen LogP contribution is -2.11. The summed E-state index contributed by atoms with van der Waals surface area (Å²) in [6.07, 6.45) is 1.18. The van der Waals surface area contributed by atoms with E-state index < -0.39 is 9.84 Å². The fourth-order valence-corrected chi connectivity index (χ4v) is 4.00. The molecule has 0 saturated heterocycles. The first-order chi connectivity index (χ1) is 11.8. The first-order valence-corrected chi connectivity index (χ1v) is 10.2. The first-order valence-electron chi connectivity index (χ1n) is 7.37. The van der Waals surface area contributed by atoms with E-state index in [0.29, 0.717) is 16.3 Å². The number of sulfone groups is 1.